The fraction of sp³-hybridized carbons (Fsp3) is 0.552. The van der Waals surface area contributed by atoms with Crippen molar-refractivity contribution in [2.75, 3.05) is 7.11 Å². The van der Waals surface area contributed by atoms with E-state index in [4.69, 9.17) is 24.0 Å². The first-order valence-corrected chi connectivity index (χ1v) is 13.8. The molecule has 2 aliphatic rings. The monoisotopic (exact) mass is 560 g/mol. The summed E-state index contributed by atoms with van der Waals surface area (Å²) in [5, 5.41) is 4.92. The van der Waals surface area contributed by atoms with Crippen LogP contribution in [-0.4, -0.2) is 45.4 Å². The van der Waals surface area contributed by atoms with Gasteiger partial charge in [-0.2, -0.15) is 8.78 Å². The molecule has 0 atom stereocenters. The Balaban J connectivity index is 1.50. The first kappa shape index (κ1) is 27.0. The Labute approximate surface area is 228 Å². The molecular weight excluding hydrogens is 528 g/mol. The molecule has 0 amide bonds. The molecule has 0 aliphatic heterocycles. The van der Waals surface area contributed by atoms with Gasteiger partial charge in [0.1, 0.15) is 22.9 Å². The van der Waals surface area contributed by atoms with Gasteiger partial charge in [-0.1, -0.05) is 5.16 Å². The predicted molar refractivity (Wildman–Crippen MR) is 141 cm³/mol. The summed E-state index contributed by atoms with van der Waals surface area (Å²) in [5.41, 5.74) is 4.65. The zero-order chi connectivity index (χ0) is 28.2. The lowest BCUT2D eigenvalue weighted by Gasteiger charge is -2.33. The Kier molecular flexibility index (Phi) is 6.96. The molecule has 0 N–H and O–H groups in total. The molecule has 0 radical (unpaired) electrons. The second-order valence-corrected chi connectivity index (χ2v) is 11.1. The molecule has 0 bridgehead atoms. The van der Waals surface area contributed by atoms with E-state index in [1.54, 1.807) is 13.3 Å². The number of pyridine rings is 1. The third kappa shape index (κ3) is 4.82. The number of aryl methyl sites for hydroxylation is 2. The fourth-order valence-electron chi connectivity index (χ4n) is 6.59. The third-order valence-electron chi connectivity index (χ3n) is 8.55. The normalized spacial score (nSPS) is 22.0. The number of ether oxygens (including phenoxy) is 2. The summed E-state index contributed by atoms with van der Waals surface area (Å²) >= 11 is 0. The van der Waals surface area contributed by atoms with Crippen LogP contribution in [0.5, 0.6) is 5.75 Å². The molecular formula is C29H32F4N4O3. The van der Waals surface area contributed by atoms with Crippen LogP contribution in [0.25, 0.3) is 33.1 Å². The maximum atomic E-state index is 14.1. The van der Waals surface area contributed by atoms with E-state index in [1.807, 2.05) is 26.0 Å². The highest BCUT2D eigenvalue weighted by atomic mass is 19.3. The van der Waals surface area contributed by atoms with Gasteiger partial charge in [-0.15, -0.1) is 0 Å². The zero-order valence-electron chi connectivity index (χ0n) is 22.7. The van der Waals surface area contributed by atoms with Crippen LogP contribution in [0.4, 0.5) is 17.6 Å². The van der Waals surface area contributed by atoms with Gasteiger partial charge in [0.15, 0.2) is 0 Å². The number of hydrogen-bond donors (Lipinski definition) is 0. The SMILES string of the molecule is COc1cc2c(cc1-c1c(C)noc1C)ncc1nc(C3CCC(F)(F)CC3)n([C@H]3CC[C@H](OC(F)F)CC3)c12. The van der Waals surface area contributed by atoms with Crippen LogP contribution in [0.15, 0.2) is 22.9 Å². The van der Waals surface area contributed by atoms with Crippen molar-refractivity contribution in [3.8, 4) is 16.9 Å². The average molecular weight is 561 g/mol. The summed E-state index contributed by atoms with van der Waals surface area (Å²) in [6, 6.07) is 3.86. The molecule has 6 rings (SSSR count). The number of imidazole rings is 1. The van der Waals surface area contributed by atoms with Gasteiger partial charge in [0.05, 0.1) is 41.7 Å². The van der Waals surface area contributed by atoms with Crippen molar-refractivity contribution in [2.45, 2.75) is 95.8 Å². The first-order valence-electron chi connectivity index (χ1n) is 13.8. The van der Waals surface area contributed by atoms with E-state index in [-0.39, 0.29) is 24.8 Å². The van der Waals surface area contributed by atoms with Crippen molar-refractivity contribution in [3.63, 3.8) is 0 Å². The number of nitrogens with zero attached hydrogens (tertiary/aromatic N) is 4. The number of methoxy groups -OCH3 is 1. The molecule has 0 unspecified atom stereocenters. The number of hydrogen-bond acceptors (Lipinski definition) is 6. The van der Waals surface area contributed by atoms with Gasteiger partial charge in [-0.3, -0.25) is 4.98 Å². The maximum Gasteiger partial charge on any atom is 0.345 e. The van der Waals surface area contributed by atoms with E-state index in [9.17, 15) is 17.6 Å². The molecule has 1 aromatic carbocycles. The molecule has 4 aromatic rings. The first-order chi connectivity index (χ1) is 19.1. The third-order valence-corrected chi connectivity index (χ3v) is 8.55. The van der Waals surface area contributed by atoms with Gasteiger partial charge in [0.25, 0.3) is 0 Å². The van der Waals surface area contributed by atoms with E-state index in [1.165, 1.54) is 0 Å². The van der Waals surface area contributed by atoms with Crippen molar-refractivity contribution >= 4 is 21.9 Å². The number of fused-ring (bicyclic) bond motifs is 3. The minimum atomic E-state index is -2.80. The Morgan fingerprint density at radius 2 is 1.75 bits per heavy atom. The molecule has 3 heterocycles. The highest BCUT2D eigenvalue weighted by Crippen LogP contribution is 2.45. The molecule has 214 valence electrons. The minimum absolute atomic E-state index is 0.0289. The van der Waals surface area contributed by atoms with E-state index in [0.29, 0.717) is 55.6 Å². The number of alkyl halides is 4. The lowest BCUT2D eigenvalue weighted by atomic mass is 9.85. The number of rotatable bonds is 6. The summed E-state index contributed by atoms with van der Waals surface area (Å²) < 4.78 is 72.1. The van der Waals surface area contributed by atoms with Crippen molar-refractivity contribution in [3.05, 3.63) is 35.6 Å². The van der Waals surface area contributed by atoms with Gasteiger partial charge in [0, 0.05) is 35.8 Å². The predicted octanol–water partition coefficient (Wildman–Crippen LogP) is 7.88. The van der Waals surface area contributed by atoms with Gasteiger partial charge >= 0.3 is 6.61 Å². The van der Waals surface area contributed by atoms with E-state index >= 15 is 0 Å². The van der Waals surface area contributed by atoms with E-state index in [2.05, 4.69) is 9.72 Å². The minimum Gasteiger partial charge on any atom is -0.496 e. The fourth-order valence-corrected chi connectivity index (χ4v) is 6.59. The van der Waals surface area contributed by atoms with E-state index in [0.717, 1.165) is 39.1 Å². The number of aromatic nitrogens is 4. The molecule has 2 saturated carbocycles. The Bertz CT molecular complexity index is 1510. The highest BCUT2D eigenvalue weighted by Gasteiger charge is 2.38. The van der Waals surface area contributed by atoms with Crippen molar-refractivity contribution in [1.29, 1.82) is 0 Å². The summed E-state index contributed by atoms with van der Waals surface area (Å²) in [6.07, 6.45) is 3.76. The number of halogens is 4. The molecule has 0 saturated heterocycles. The van der Waals surface area contributed by atoms with Crippen LogP contribution in [0.1, 0.15) is 80.6 Å². The quantitative estimate of drug-likeness (QED) is 0.223. The molecule has 2 fully saturated rings. The molecule has 3 aromatic heterocycles. The molecule has 7 nitrogen and oxygen atoms in total. The van der Waals surface area contributed by atoms with Gasteiger partial charge < -0.3 is 18.6 Å². The second-order valence-electron chi connectivity index (χ2n) is 11.1. The second kappa shape index (κ2) is 10.3. The van der Waals surface area contributed by atoms with Crippen LogP contribution in [0.2, 0.25) is 0 Å². The molecule has 2 aliphatic carbocycles. The summed E-state index contributed by atoms with van der Waals surface area (Å²) in [5.74, 6) is -0.724. The van der Waals surface area contributed by atoms with Crippen LogP contribution < -0.4 is 4.74 Å². The summed E-state index contributed by atoms with van der Waals surface area (Å²) in [4.78, 5) is 9.69. The Morgan fingerprint density at radius 1 is 1.02 bits per heavy atom. The standard InChI is InChI=1S/C29H32F4N4O3/c1-15-25(16(2)40-36-15)21-12-22-20(13-24(21)38-3)26-23(14-34-22)35-27(17-8-10-29(32,33)11-9-17)37(26)18-4-6-19(7-5-18)39-28(30)31/h12-14,17-19,28H,4-11H2,1-3H3/t18-,19-. The van der Waals surface area contributed by atoms with Crippen molar-refractivity contribution in [1.82, 2.24) is 19.7 Å². The van der Waals surface area contributed by atoms with Crippen LogP contribution >= 0.6 is 0 Å². The van der Waals surface area contributed by atoms with Gasteiger partial charge in [-0.25, -0.2) is 13.8 Å². The van der Waals surface area contributed by atoms with Crippen molar-refractivity contribution < 1.29 is 31.6 Å². The van der Waals surface area contributed by atoms with Crippen molar-refractivity contribution in [2.24, 2.45) is 0 Å². The molecule has 40 heavy (non-hydrogen) atoms. The Hall–Kier alpha value is -3.21. The highest BCUT2D eigenvalue weighted by molar-refractivity contribution is 6.05. The maximum absolute atomic E-state index is 14.1. The summed E-state index contributed by atoms with van der Waals surface area (Å²) in [6.45, 7) is 0.915. The summed E-state index contributed by atoms with van der Waals surface area (Å²) in [7, 11) is 1.60. The average Bonchev–Trinajstić information content (AvgIpc) is 3.47. The molecule has 0 spiro atoms. The Morgan fingerprint density at radius 3 is 2.38 bits per heavy atom. The van der Waals surface area contributed by atoms with Crippen LogP contribution in [-0.2, 0) is 4.74 Å². The van der Waals surface area contributed by atoms with Crippen LogP contribution in [0.3, 0.4) is 0 Å². The van der Waals surface area contributed by atoms with Crippen LogP contribution in [0, 0.1) is 13.8 Å². The van der Waals surface area contributed by atoms with E-state index < -0.39 is 18.6 Å². The smallest absolute Gasteiger partial charge is 0.345 e. The number of benzene rings is 1. The largest absolute Gasteiger partial charge is 0.496 e. The molecule has 11 heteroatoms. The lowest BCUT2D eigenvalue weighted by molar-refractivity contribution is -0.171. The lowest BCUT2D eigenvalue weighted by Crippen LogP contribution is -2.28. The zero-order valence-corrected chi connectivity index (χ0v) is 22.7. The topological polar surface area (TPSA) is 75.2 Å². The van der Waals surface area contributed by atoms with Gasteiger partial charge in [-0.05, 0) is 64.5 Å². The van der Waals surface area contributed by atoms with Gasteiger partial charge in [0.2, 0.25) is 5.92 Å².